The van der Waals surface area contributed by atoms with E-state index in [1.54, 1.807) is 4.90 Å². The first-order valence-corrected chi connectivity index (χ1v) is 6.90. The lowest BCUT2D eigenvalue weighted by molar-refractivity contribution is -0.134. The summed E-state index contributed by atoms with van der Waals surface area (Å²) in [5.74, 6) is 0.759. The Kier molecular flexibility index (Phi) is 4.70. The molecule has 0 aromatic carbocycles. The van der Waals surface area contributed by atoms with Gasteiger partial charge in [-0.15, -0.1) is 0 Å². The van der Waals surface area contributed by atoms with Gasteiger partial charge in [-0.1, -0.05) is 19.0 Å². The second kappa shape index (κ2) is 6.49. The smallest absolute Gasteiger partial charge is 0.245 e. The summed E-state index contributed by atoms with van der Waals surface area (Å²) in [6.07, 6.45) is 2.84. The minimum atomic E-state index is -0.423. The van der Waals surface area contributed by atoms with Crippen molar-refractivity contribution in [1.29, 1.82) is 0 Å². The fraction of sp³-hybridized carbons (Fsp3) is 0.692. The van der Waals surface area contributed by atoms with E-state index in [4.69, 9.17) is 4.52 Å². The van der Waals surface area contributed by atoms with Crippen LogP contribution >= 0.6 is 0 Å². The van der Waals surface area contributed by atoms with Gasteiger partial charge in [0.15, 0.2) is 6.33 Å². The van der Waals surface area contributed by atoms with Crippen molar-refractivity contribution in [3.8, 4) is 0 Å². The number of aromatic nitrogens is 2. The maximum Gasteiger partial charge on any atom is 0.245 e. The molecule has 1 aliphatic rings. The maximum absolute atomic E-state index is 12.4. The Balaban J connectivity index is 1.99. The highest BCUT2D eigenvalue weighted by Crippen LogP contribution is 2.12. The van der Waals surface area contributed by atoms with Crippen LogP contribution in [0.4, 0.5) is 0 Å². The monoisotopic (exact) mass is 280 g/mol. The lowest BCUT2D eigenvalue weighted by Gasteiger charge is -2.24. The first-order chi connectivity index (χ1) is 9.56. The summed E-state index contributed by atoms with van der Waals surface area (Å²) >= 11 is 0. The third-order valence-electron chi connectivity index (χ3n) is 3.26. The van der Waals surface area contributed by atoms with Crippen LogP contribution in [0.3, 0.4) is 0 Å². The molecule has 0 bridgehead atoms. The molecular weight excluding hydrogens is 260 g/mol. The molecule has 0 spiro atoms. The second-order valence-electron chi connectivity index (χ2n) is 5.41. The standard InChI is InChI=1S/C13H20N4O3/c1-9(2)7-10-13(19)17(5-3-11(18)16-10)6-4-12-14-8-15-20-12/h8-10H,3-7H2,1-2H3,(H,16,18). The first-order valence-electron chi connectivity index (χ1n) is 6.90. The van der Waals surface area contributed by atoms with E-state index < -0.39 is 6.04 Å². The van der Waals surface area contributed by atoms with Crippen molar-refractivity contribution in [3.05, 3.63) is 12.2 Å². The van der Waals surface area contributed by atoms with Gasteiger partial charge in [-0.2, -0.15) is 4.98 Å². The molecule has 2 amide bonds. The number of hydrogen-bond acceptors (Lipinski definition) is 5. The van der Waals surface area contributed by atoms with Gasteiger partial charge in [0.25, 0.3) is 0 Å². The summed E-state index contributed by atoms with van der Waals surface area (Å²) < 4.78 is 4.92. The van der Waals surface area contributed by atoms with Crippen LogP contribution in [-0.2, 0) is 16.0 Å². The Morgan fingerprint density at radius 1 is 1.50 bits per heavy atom. The van der Waals surface area contributed by atoms with Gasteiger partial charge in [-0.05, 0) is 12.3 Å². The molecule has 2 heterocycles. The predicted octanol–water partition coefficient (Wildman–Crippen LogP) is 0.375. The quantitative estimate of drug-likeness (QED) is 0.842. The van der Waals surface area contributed by atoms with Crippen LogP contribution in [0.1, 0.15) is 32.6 Å². The molecule has 1 fully saturated rings. The molecule has 0 aliphatic carbocycles. The van der Waals surface area contributed by atoms with Crippen molar-refractivity contribution in [3.63, 3.8) is 0 Å². The van der Waals surface area contributed by atoms with Crippen molar-refractivity contribution in [2.45, 2.75) is 39.2 Å². The molecular formula is C13H20N4O3. The Morgan fingerprint density at radius 3 is 2.95 bits per heavy atom. The van der Waals surface area contributed by atoms with E-state index in [1.165, 1.54) is 6.33 Å². The average molecular weight is 280 g/mol. The van der Waals surface area contributed by atoms with Crippen molar-refractivity contribution in [1.82, 2.24) is 20.4 Å². The summed E-state index contributed by atoms with van der Waals surface area (Å²) in [5, 5.41) is 6.34. The molecule has 20 heavy (non-hydrogen) atoms. The highest BCUT2D eigenvalue weighted by Gasteiger charge is 2.30. The van der Waals surface area contributed by atoms with Crippen molar-refractivity contribution < 1.29 is 14.1 Å². The minimum Gasteiger partial charge on any atom is -0.344 e. The second-order valence-corrected chi connectivity index (χ2v) is 5.41. The van der Waals surface area contributed by atoms with Crippen LogP contribution in [0.15, 0.2) is 10.9 Å². The van der Waals surface area contributed by atoms with Crippen LogP contribution in [0, 0.1) is 5.92 Å². The lowest BCUT2D eigenvalue weighted by atomic mass is 10.0. The summed E-state index contributed by atoms with van der Waals surface area (Å²) in [6, 6.07) is -0.423. The number of carbonyl (C=O) groups excluding carboxylic acids is 2. The Bertz CT molecular complexity index is 458. The van der Waals surface area contributed by atoms with Gasteiger partial charge in [0.2, 0.25) is 17.7 Å². The van der Waals surface area contributed by atoms with Gasteiger partial charge >= 0.3 is 0 Å². The van der Waals surface area contributed by atoms with E-state index in [2.05, 4.69) is 15.5 Å². The Labute approximate surface area is 117 Å². The van der Waals surface area contributed by atoms with Crippen LogP contribution < -0.4 is 5.32 Å². The molecule has 1 aromatic rings. The molecule has 110 valence electrons. The third-order valence-corrected chi connectivity index (χ3v) is 3.26. The Morgan fingerprint density at radius 2 is 2.30 bits per heavy atom. The summed E-state index contributed by atoms with van der Waals surface area (Å²) in [4.78, 5) is 29.7. The van der Waals surface area contributed by atoms with Gasteiger partial charge in [0, 0.05) is 25.9 Å². The molecule has 1 aliphatic heterocycles. The Hall–Kier alpha value is -1.92. The molecule has 2 rings (SSSR count). The number of nitrogens with zero attached hydrogens (tertiary/aromatic N) is 3. The van der Waals surface area contributed by atoms with Crippen LogP contribution in [0.25, 0.3) is 0 Å². The number of rotatable bonds is 5. The lowest BCUT2D eigenvalue weighted by Crippen LogP contribution is -2.45. The molecule has 1 atom stereocenters. The number of nitrogens with one attached hydrogen (secondary N) is 1. The van der Waals surface area contributed by atoms with Gasteiger partial charge < -0.3 is 14.7 Å². The summed E-state index contributed by atoms with van der Waals surface area (Å²) in [5.41, 5.74) is 0. The van der Waals surface area contributed by atoms with E-state index in [1.807, 2.05) is 13.8 Å². The molecule has 1 aromatic heterocycles. The largest absolute Gasteiger partial charge is 0.344 e. The molecule has 0 saturated carbocycles. The minimum absolute atomic E-state index is 0.0240. The first kappa shape index (κ1) is 14.5. The van der Waals surface area contributed by atoms with Crippen molar-refractivity contribution in [2.24, 2.45) is 5.92 Å². The van der Waals surface area contributed by atoms with Gasteiger partial charge in [0.1, 0.15) is 6.04 Å². The molecule has 7 heteroatoms. The van der Waals surface area contributed by atoms with E-state index in [9.17, 15) is 9.59 Å². The highest BCUT2D eigenvalue weighted by atomic mass is 16.5. The zero-order chi connectivity index (χ0) is 14.5. The average Bonchev–Trinajstić information content (AvgIpc) is 2.85. The van der Waals surface area contributed by atoms with Gasteiger partial charge in [-0.3, -0.25) is 9.59 Å². The zero-order valence-corrected chi connectivity index (χ0v) is 11.8. The maximum atomic E-state index is 12.4. The molecule has 0 radical (unpaired) electrons. The summed E-state index contributed by atoms with van der Waals surface area (Å²) in [7, 11) is 0. The topological polar surface area (TPSA) is 88.3 Å². The van der Waals surface area contributed by atoms with E-state index in [-0.39, 0.29) is 11.8 Å². The van der Waals surface area contributed by atoms with E-state index >= 15 is 0 Å². The molecule has 1 N–H and O–H groups in total. The SMILES string of the molecule is CC(C)CC1NC(=O)CCN(CCc2ncno2)C1=O. The van der Waals surface area contributed by atoms with Crippen LogP contribution in [-0.4, -0.2) is 46.0 Å². The molecule has 1 unspecified atom stereocenters. The predicted molar refractivity (Wildman–Crippen MR) is 70.6 cm³/mol. The van der Waals surface area contributed by atoms with E-state index in [0.717, 1.165) is 0 Å². The molecule has 1 saturated heterocycles. The fourth-order valence-corrected chi connectivity index (χ4v) is 2.29. The zero-order valence-electron chi connectivity index (χ0n) is 11.8. The normalized spacial score (nSPS) is 20.1. The number of hydrogen-bond donors (Lipinski definition) is 1. The number of amides is 2. The number of carbonyl (C=O) groups is 2. The van der Waals surface area contributed by atoms with Gasteiger partial charge in [-0.25, -0.2) is 0 Å². The van der Waals surface area contributed by atoms with Crippen LogP contribution in [0.2, 0.25) is 0 Å². The van der Waals surface area contributed by atoms with Crippen molar-refractivity contribution >= 4 is 11.8 Å². The fourth-order valence-electron chi connectivity index (χ4n) is 2.29. The van der Waals surface area contributed by atoms with E-state index in [0.29, 0.717) is 44.2 Å². The summed E-state index contributed by atoms with van der Waals surface area (Å²) in [6.45, 7) is 5.00. The highest BCUT2D eigenvalue weighted by molar-refractivity contribution is 5.89. The molecule has 7 nitrogen and oxygen atoms in total. The van der Waals surface area contributed by atoms with Gasteiger partial charge in [0.05, 0.1) is 0 Å². The van der Waals surface area contributed by atoms with Crippen molar-refractivity contribution in [2.75, 3.05) is 13.1 Å². The third kappa shape index (κ3) is 3.79. The van der Waals surface area contributed by atoms with Crippen LogP contribution in [0.5, 0.6) is 0 Å².